The van der Waals surface area contributed by atoms with E-state index in [2.05, 4.69) is 5.10 Å². The number of carbonyl (C=O) groups is 1. The quantitative estimate of drug-likeness (QED) is 0.847. The fraction of sp³-hybridized carbons (Fsp3) is 0.0833. The number of hydrogen-bond acceptors (Lipinski definition) is 3. The van der Waals surface area contributed by atoms with Crippen LogP contribution in [0.15, 0.2) is 30.5 Å². The van der Waals surface area contributed by atoms with Gasteiger partial charge in [-0.05, 0) is 19.1 Å². The van der Waals surface area contributed by atoms with E-state index >= 15 is 0 Å². The SMILES string of the molecule is Cc1ccc(-n2ncc(C(=O)O)c2C#N)cc1. The van der Waals surface area contributed by atoms with Crippen LogP contribution in [0, 0.1) is 18.3 Å². The van der Waals surface area contributed by atoms with E-state index in [9.17, 15) is 4.79 Å². The summed E-state index contributed by atoms with van der Waals surface area (Å²) in [6.07, 6.45) is 1.18. The van der Waals surface area contributed by atoms with Crippen LogP contribution in [0.2, 0.25) is 0 Å². The van der Waals surface area contributed by atoms with E-state index in [1.807, 2.05) is 25.1 Å². The predicted octanol–water partition coefficient (Wildman–Crippen LogP) is 1.75. The number of aromatic nitrogens is 2. The van der Waals surface area contributed by atoms with E-state index in [1.54, 1.807) is 12.1 Å². The first-order valence-electron chi connectivity index (χ1n) is 4.92. The highest BCUT2D eigenvalue weighted by atomic mass is 16.4. The van der Waals surface area contributed by atoms with Crippen LogP contribution in [0.4, 0.5) is 0 Å². The summed E-state index contributed by atoms with van der Waals surface area (Å²) in [5.41, 5.74) is 1.69. The summed E-state index contributed by atoms with van der Waals surface area (Å²) in [5, 5.41) is 21.8. The molecule has 2 aromatic rings. The van der Waals surface area contributed by atoms with Crippen molar-refractivity contribution in [2.75, 3.05) is 0 Å². The second kappa shape index (κ2) is 4.10. The molecule has 0 unspecified atom stereocenters. The predicted molar refractivity (Wildman–Crippen MR) is 60.0 cm³/mol. The van der Waals surface area contributed by atoms with Gasteiger partial charge in [0.05, 0.1) is 11.9 Å². The normalized spacial score (nSPS) is 9.88. The van der Waals surface area contributed by atoms with Crippen LogP contribution >= 0.6 is 0 Å². The molecule has 2 rings (SSSR count). The first kappa shape index (κ1) is 10.9. The van der Waals surface area contributed by atoms with Gasteiger partial charge in [0.25, 0.3) is 0 Å². The molecule has 0 atom stereocenters. The maximum Gasteiger partial charge on any atom is 0.340 e. The van der Waals surface area contributed by atoms with Gasteiger partial charge in [0.1, 0.15) is 11.6 Å². The van der Waals surface area contributed by atoms with E-state index in [0.29, 0.717) is 5.69 Å². The number of nitrogens with zero attached hydrogens (tertiary/aromatic N) is 3. The molecule has 1 N–H and O–H groups in total. The molecular formula is C12H9N3O2. The smallest absolute Gasteiger partial charge is 0.340 e. The van der Waals surface area contributed by atoms with Gasteiger partial charge < -0.3 is 5.11 Å². The van der Waals surface area contributed by atoms with Crippen molar-refractivity contribution in [3.63, 3.8) is 0 Å². The molecule has 1 aromatic heterocycles. The molecule has 5 heteroatoms. The molecule has 0 bridgehead atoms. The van der Waals surface area contributed by atoms with Crippen molar-refractivity contribution in [1.29, 1.82) is 5.26 Å². The van der Waals surface area contributed by atoms with Crippen LogP contribution < -0.4 is 0 Å². The van der Waals surface area contributed by atoms with E-state index in [1.165, 1.54) is 10.9 Å². The first-order chi connectivity index (χ1) is 8.13. The average molecular weight is 227 g/mol. The molecule has 0 saturated heterocycles. The summed E-state index contributed by atoms with van der Waals surface area (Å²) < 4.78 is 1.32. The van der Waals surface area contributed by atoms with Gasteiger partial charge in [-0.1, -0.05) is 17.7 Å². The van der Waals surface area contributed by atoms with Gasteiger partial charge in [-0.25, -0.2) is 9.48 Å². The third-order valence-corrected chi connectivity index (χ3v) is 2.38. The number of benzene rings is 1. The molecule has 1 heterocycles. The number of carboxylic acids is 1. The van der Waals surface area contributed by atoms with Gasteiger partial charge >= 0.3 is 5.97 Å². The standard InChI is InChI=1S/C12H9N3O2/c1-8-2-4-9(5-3-8)15-11(6-13)10(7-14-15)12(16)17/h2-5,7H,1H3,(H,16,17). The second-order valence-electron chi connectivity index (χ2n) is 3.57. The fourth-order valence-electron chi connectivity index (χ4n) is 1.49. The Kier molecular flexibility index (Phi) is 2.63. The van der Waals surface area contributed by atoms with E-state index in [0.717, 1.165) is 5.56 Å². The van der Waals surface area contributed by atoms with E-state index < -0.39 is 5.97 Å². The van der Waals surface area contributed by atoms with E-state index in [-0.39, 0.29) is 11.3 Å². The van der Waals surface area contributed by atoms with Gasteiger partial charge in [0, 0.05) is 0 Å². The van der Waals surface area contributed by atoms with Crippen LogP contribution in [0.25, 0.3) is 5.69 Å². The molecule has 5 nitrogen and oxygen atoms in total. The summed E-state index contributed by atoms with van der Waals surface area (Å²) in [5.74, 6) is -1.15. The molecule has 0 aliphatic carbocycles. The lowest BCUT2D eigenvalue weighted by Gasteiger charge is -2.03. The first-order valence-corrected chi connectivity index (χ1v) is 4.92. The molecule has 0 spiro atoms. The summed E-state index contributed by atoms with van der Waals surface area (Å²) in [6.45, 7) is 1.95. The maximum atomic E-state index is 10.9. The molecule has 1 aromatic carbocycles. The highest BCUT2D eigenvalue weighted by Crippen LogP contribution is 2.14. The van der Waals surface area contributed by atoms with Crippen LogP contribution in [0.1, 0.15) is 21.6 Å². The zero-order valence-electron chi connectivity index (χ0n) is 9.08. The summed E-state index contributed by atoms with van der Waals surface area (Å²) in [4.78, 5) is 10.9. The van der Waals surface area contributed by atoms with Crippen molar-refractivity contribution >= 4 is 5.97 Å². The van der Waals surface area contributed by atoms with Crippen molar-refractivity contribution < 1.29 is 9.90 Å². The largest absolute Gasteiger partial charge is 0.478 e. The number of carboxylic acid groups (broad SMARTS) is 1. The van der Waals surface area contributed by atoms with Crippen LogP contribution in [0.5, 0.6) is 0 Å². The van der Waals surface area contributed by atoms with E-state index in [4.69, 9.17) is 10.4 Å². The molecule has 0 saturated carbocycles. The summed E-state index contributed by atoms with van der Waals surface area (Å²) >= 11 is 0. The Morgan fingerprint density at radius 1 is 1.41 bits per heavy atom. The molecule has 0 aliphatic heterocycles. The van der Waals surface area contributed by atoms with Crippen molar-refractivity contribution in [3.05, 3.63) is 47.3 Å². The monoisotopic (exact) mass is 227 g/mol. The Morgan fingerprint density at radius 2 is 2.06 bits per heavy atom. The Labute approximate surface area is 97.5 Å². The summed E-state index contributed by atoms with van der Waals surface area (Å²) in [7, 11) is 0. The molecule has 0 radical (unpaired) electrons. The third-order valence-electron chi connectivity index (χ3n) is 2.38. The van der Waals surface area contributed by atoms with Crippen LogP contribution in [-0.4, -0.2) is 20.9 Å². The zero-order valence-corrected chi connectivity index (χ0v) is 9.08. The Morgan fingerprint density at radius 3 is 2.59 bits per heavy atom. The maximum absolute atomic E-state index is 10.9. The Balaban J connectivity index is 2.57. The van der Waals surface area contributed by atoms with Crippen LogP contribution in [-0.2, 0) is 0 Å². The lowest BCUT2D eigenvalue weighted by atomic mass is 10.2. The van der Waals surface area contributed by atoms with Crippen molar-refractivity contribution in [1.82, 2.24) is 9.78 Å². The molecular weight excluding hydrogens is 218 g/mol. The third kappa shape index (κ3) is 1.88. The number of rotatable bonds is 2. The topological polar surface area (TPSA) is 78.9 Å². The Bertz CT molecular complexity index is 606. The number of aryl methyl sites for hydroxylation is 1. The van der Waals surface area contributed by atoms with Crippen molar-refractivity contribution in [2.24, 2.45) is 0 Å². The molecule has 84 valence electrons. The average Bonchev–Trinajstić information content (AvgIpc) is 2.73. The minimum atomic E-state index is -1.15. The minimum Gasteiger partial charge on any atom is -0.478 e. The molecule has 0 aliphatic rings. The van der Waals surface area contributed by atoms with Crippen molar-refractivity contribution in [3.8, 4) is 11.8 Å². The zero-order chi connectivity index (χ0) is 12.4. The fourth-order valence-corrected chi connectivity index (χ4v) is 1.49. The Hall–Kier alpha value is -2.61. The van der Waals surface area contributed by atoms with Gasteiger partial charge in [-0.3, -0.25) is 0 Å². The van der Waals surface area contributed by atoms with Gasteiger partial charge in [-0.15, -0.1) is 0 Å². The number of nitriles is 1. The van der Waals surface area contributed by atoms with Gasteiger partial charge in [0.2, 0.25) is 0 Å². The summed E-state index contributed by atoms with van der Waals surface area (Å²) in [6, 6.07) is 9.18. The van der Waals surface area contributed by atoms with Crippen LogP contribution in [0.3, 0.4) is 0 Å². The minimum absolute atomic E-state index is 0.0290. The van der Waals surface area contributed by atoms with Gasteiger partial charge in [0.15, 0.2) is 5.69 Å². The lowest BCUT2D eigenvalue weighted by molar-refractivity contribution is 0.0696. The second-order valence-corrected chi connectivity index (χ2v) is 3.57. The van der Waals surface area contributed by atoms with Crippen molar-refractivity contribution in [2.45, 2.75) is 6.92 Å². The van der Waals surface area contributed by atoms with Gasteiger partial charge in [-0.2, -0.15) is 10.4 Å². The molecule has 0 fully saturated rings. The molecule has 17 heavy (non-hydrogen) atoms. The highest BCUT2D eigenvalue weighted by molar-refractivity contribution is 5.89. The highest BCUT2D eigenvalue weighted by Gasteiger charge is 2.17. The molecule has 0 amide bonds. The number of aromatic carboxylic acids is 1. The number of hydrogen-bond donors (Lipinski definition) is 1. The lowest BCUT2D eigenvalue weighted by Crippen LogP contribution is -2.03.